The fraction of sp³-hybridized carbons (Fsp3) is 0.800. The Morgan fingerprint density at radius 1 is 1.33 bits per heavy atom. The van der Waals surface area contributed by atoms with E-state index in [9.17, 15) is 0 Å². The van der Waals surface area contributed by atoms with Crippen LogP contribution in [0.3, 0.4) is 0 Å². The second-order valence-electron chi connectivity index (χ2n) is 4.26. The van der Waals surface area contributed by atoms with Gasteiger partial charge < -0.3 is 4.43 Å². The van der Waals surface area contributed by atoms with E-state index in [1.54, 1.807) is 0 Å². The van der Waals surface area contributed by atoms with Gasteiger partial charge in [-0.3, -0.25) is 0 Å². The van der Waals surface area contributed by atoms with Crippen LogP contribution in [0.15, 0.2) is 12.2 Å². The Kier molecular flexibility index (Phi) is 2.37. The van der Waals surface area contributed by atoms with Crippen molar-refractivity contribution < 1.29 is 4.43 Å². The summed E-state index contributed by atoms with van der Waals surface area (Å²) in [6, 6.07) is 0. The monoisotopic (exact) mass is 181 g/mol. The molecule has 1 saturated carbocycles. The molecule has 3 atom stereocenters. The van der Waals surface area contributed by atoms with Gasteiger partial charge in [0.25, 0.3) is 0 Å². The lowest BCUT2D eigenvalue weighted by Crippen LogP contribution is -2.19. The number of rotatable bonds is 3. The summed E-state index contributed by atoms with van der Waals surface area (Å²) in [4.78, 5) is 0. The molecule has 0 heterocycles. The predicted molar refractivity (Wildman–Crippen MR) is 52.3 cm³/mol. The lowest BCUT2D eigenvalue weighted by Gasteiger charge is -2.18. The molecule has 2 aliphatic carbocycles. The molecule has 3 unspecified atom stereocenters. The molecule has 0 aromatic rings. The topological polar surface area (TPSA) is 9.23 Å². The van der Waals surface area contributed by atoms with Gasteiger partial charge in [0, 0.05) is 6.61 Å². The first-order chi connectivity index (χ1) is 5.75. The van der Waals surface area contributed by atoms with E-state index in [0.717, 1.165) is 24.4 Å². The lowest BCUT2D eigenvalue weighted by molar-refractivity contribution is 0.231. The molecular weight excluding hydrogens is 164 g/mol. The van der Waals surface area contributed by atoms with Gasteiger partial charge in [0.15, 0.2) is 0 Å². The fourth-order valence-electron chi connectivity index (χ4n) is 2.36. The summed E-state index contributed by atoms with van der Waals surface area (Å²) in [6.07, 6.45) is 7.59. The van der Waals surface area contributed by atoms with Gasteiger partial charge in [-0.2, -0.15) is 0 Å². The van der Waals surface area contributed by atoms with Crippen LogP contribution >= 0.6 is 0 Å². The highest BCUT2D eigenvalue weighted by atomic mass is 28.3. The molecule has 1 fully saturated rings. The third-order valence-electron chi connectivity index (χ3n) is 3.00. The molecule has 2 rings (SSSR count). The van der Waals surface area contributed by atoms with Crippen LogP contribution in [0.25, 0.3) is 0 Å². The number of allylic oxidation sites excluding steroid dienone is 2. The molecule has 12 heavy (non-hydrogen) atoms. The summed E-state index contributed by atoms with van der Waals surface area (Å²) < 4.78 is 5.75. The number of hydrogen-bond donors (Lipinski definition) is 0. The summed E-state index contributed by atoms with van der Waals surface area (Å²) in [5.74, 6) is 2.60. The first-order valence-electron chi connectivity index (χ1n) is 4.87. The third-order valence-corrected chi connectivity index (χ3v) is 3.75. The van der Waals surface area contributed by atoms with Gasteiger partial charge in [-0.15, -0.1) is 0 Å². The first kappa shape index (κ1) is 8.51. The molecule has 0 aromatic carbocycles. The molecule has 2 bridgehead atoms. The molecule has 0 spiro atoms. The van der Waals surface area contributed by atoms with E-state index >= 15 is 0 Å². The zero-order valence-corrected chi connectivity index (χ0v) is 8.92. The fourth-order valence-corrected chi connectivity index (χ4v) is 2.91. The van der Waals surface area contributed by atoms with Gasteiger partial charge >= 0.3 is 0 Å². The van der Waals surface area contributed by atoms with E-state index in [1.165, 1.54) is 12.8 Å². The summed E-state index contributed by atoms with van der Waals surface area (Å²) in [5.41, 5.74) is 0. The predicted octanol–water partition coefficient (Wildman–Crippen LogP) is 2.47. The Hall–Kier alpha value is -0.0831. The van der Waals surface area contributed by atoms with E-state index in [1.807, 2.05) is 0 Å². The summed E-state index contributed by atoms with van der Waals surface area (Å²) in [5, 5.41) is 0. The van der Waals surface area contributed by atoms with Crippen molar-refractivity contribution in [2.45, 2.75) is 25.9 Å². The largest absolute Gasteiger partial charge is 0.417 e. The van der Waals surface area contributed by atoms with Crippen molar-refractivity contribution in [1.29, 1.82) is 0 Å². The molecule has 0 aliphatic heterocycles. The van der Waals surface area contributed by atoms with Crippen molar-refractivity contribution >= 4 is 9.04 Å². The molecule has 1 radical (unpaired) electrons. The van der Waals surface area contributed by atoms with E-state index < -0.39 is 9.04 Å². The van der Waals surface area contributed by atoms with Gasteiger partial charge in [0.2, 0.25) is 9.04 Å². The second-order valence-corrected chi connectivity index (χ2v) is 6.36. The van der Waals surface area contributed by atoms with Crippen LogP contribution in [0.2, 0.25) is 13.1 Å². The van der Waals surface area contributed by atoms with Crippen LogP contribution in [-0.2, 0) is 4.43 Å². The highest BCUT2D eigenvalue weighted by Crippen LogP contribution is 2.43. The van der Waals surface area contributed by atoms with Crippen molar-refractivity contribution in [3.05, 3.63) is 12.2 Å². The maximum atomic E-state index is 5.75. The first-order valence-corrected chi connectivity index (χ1v) is 7.28. The van der Waals surface area contributed by atoms with Crippen molar-refractivity contribution in [1.82, 2.24) is 0 Å². The van der Waals surface area contributed by atoms with Crippen molar-refractivity contribution in [3.63, 3.8) is 0 Å². The van der Waals surface area contributed by atoms with Crippen molar-refractivity contribution in [2.75, 3.05) is 6.61 Å². The SMILES string of the molecule is C[Si](C)OCC1CC2C=CC1C2. The molecule has 67 valence electrons. The molecule has 2 aliphatic rings. The van der Waals surface area contributed by atoms with Crippen LogP contribution < -0.4 is 0 Å². The van der Waals surface area contributed by atoms with E-state index in [2.05, 4.69) is 25.2 Å². The maximum absolute atomic E-state index is 5.75. The summed E-state index contributed by atoms with van der Waals surface area (Å²) >= 11 is 0. The van der Waals surface area contributed by atoms with E-state index in [-0.39, 0.29) is 0 Å². The Balaban J connectivity index is 1.80. The van der Waals surface area contributed by atoms with E-state index in [0.29, 0.717) is 0 Å². The molecule has 1 nitrogen and oxygen atoms in total. The minimum atomic E-state index is -0.462. The van der Waals surface area contributed by atoms with Gasteiger partial charge in [-0.1, -0.05) is 12.2 Å². The quantitative estimate of drug-likeness (QED) is 0.480. The van der Waals surface area contributed by atoms with Crippen LogP contribution in [0.5, 0.6) is 0 Å². The Morgan fingerprint density at radius 2 is 2.17 bits per heavy atom. The number of fused-ring (bicyclic) bond motifs is 2. The average Bonchev–Trinajstić information content (AvgIpc) is 2.60. The Labute approximate surface area is 76.5 Å². The van der Waals surface area contributed by atoms with Gasteiger partial charge in [0.1, 0.15) is 0 Å². The Morgan fingerprint density at radius 3 is 2.67 bits per heavy atom. The maximum Gasteiger partial charge on any atom is 0.204 e. The Bertz CT molecular complexity index is 188. The third kappa shape index (κ3) is 1.64. The van der Waals surface area contributed by atoms with Crippen LogP contribution in [-0.4, -0.2) is 15.6 Å². The minimum absolute atomic E-state index is 0.462. The average molecular weight is 181 g/mol. The zero-order valence-electron chi connectivity index (χ0n) is 7.92. The van der Waals surface area contributed by atoms with Crippen LogP contribution in [0.4, 0.5) is 0 Å². The van der Waals surface area contributed by atoms with Crippen molar-refractivity contribution in [3.8, 4) is 0 Å². The highest BCUT2D eigenvalue weighted by molar-refractivity contribution is 6.48. The van der Waals surface area contributed by atoms with Crippen molar-refractivity contribution in [2.24, 2.45) is 17.8 Å². The summed E-state index contributed by atoms with van der Waals surface area (Å²) in [7, 11) is -0.462. The van der Waals surface area contributed by atoms with Gasteiger partial charge in [0.05, 0.1) is 0 Å². The highest BCUT2D eigenvalue weighted by Gasteiger charge is 2.35. The van der Waals surface area contributed by atoms with Crippen LogP contribution in [0.1, 0.15) is 12.8 Å². The standard InChI is InChI=1S/C10H17OSi/c1-12(2)11-7-10-6-8-3-4-9(10)5-8/h3-4,8-10H,5-7H2,1-2H3. The normalized spacial score (nSPS) is 38.4. The smallest absolute Gasteiger partial charge is 0.204 e. The summed E-state index contributed by atoms with van der Waals surface area (Å²) in [6.45, 7) is 5.45. The molecule has 2 heteroatoms. The number of hydrogen-bond acceptors (Lipinski definition) is 1. The molecular formula is C10H17OSi. The van der Waals surface area contributed by atoms with Gasteiger partial charge in [-0.05, 0) is 43.7 Å². The van der Waals surface area contributed by atoms with Crippen LogP contribution in [0, 0.1) is 17.8 Å². The molecule has 0 aromatic heterocycles. The molecule has 0 saturated heterocycles. The van der Waals surface area contributed by atoms with E-state index in [4.69, 9.17) is 4.43 Å². The minimum Gasteiger partial charge on any atom is -0.417 e. The zero-order chi connectivity index (χ0) is 8.55. The van der Waals surface area contributed by atoms with Gasteiger partial charge in [-0.25, -0.2) is 0 Å². The lowest BCUT2D eigenvalue weighted by atomic mass is 9.95. The molecule has 0 N–H and O–H groups in total. The second kappa shape index (κ2) is 3.34. The molecule has 0 amide bonds.